The summed E-state index contributed by atoms with van der Waals surface area (Å²) in [6, 6.07) is 8.62. The van der Waals surface area contributed by atoms with Crippen molar-refractivity contribution in [3.63, 3.8) is 0 Å². The highest BCUT2D eigenvalue weighted by molar-refractivity contribution is 5.95. The number of para-hydroxylation sites is 1. The lowest BCUT2D eigenvalue weighted by Crippen LogP contribution is -2.46. The minimum absolute atomic E-state index is 0.0943. The second-order valence-electron chi connectivity index (χ2n) is 5.25. The summed E-state index contributed by atoms with van der Waals surface area (Å²) in [6.45, 7) is 3.95. The Balaban J connectivity index is 2.21. The normalized spacial score (nSPS) is 30.0. The molecule has 2 aliphatic rings. The first-order valence-corrected chi connectivity index (χ1v) is 6.19. The number of benzene rings is 1. The van der Waals surface area contributed by atoms with E-state index in [1.165, 1.54) is 5.56 Å². The van der Waals surface area contributed by atoms with Crippen LogP contribution in [0.4, 0.5) is 5.69 Å². The molecule has 2 nitrogen and oxygen atoms in total. The molecule has 0 saturated heterocycles. The molecule has 0 spiro atoms. The van der Waals surface area contributed by atoms with Crippen LogP contribution in [0.1, 0.15) is 32.3 Å². The first-order chi connectivity index (χ1) is 8.14. The van der Waals surface area contributed by atoms with Crippen molar-refractivity contribution in [2.24, 2.45) is 0 Å². The van der Waals surface area contributed by atoms with Crippen LogP contribution in [-0.4, -0.2) is 11.9 Å². The summed E-state index contributed by atoms with van der Waals surface area (Å²) in [7, 11) is 0. The number of amides is 1. The Hall–Kier alpha value is -1.57. The predicted octanol–water partition coefficient (Wildman–Crippen LogP) is 3.03. The van der Waals surface area contributed by atoms with Crippen LogP contribution >= 0.6 is 0 Å². The van der Waals surface area contributed by atoms with Gasteiger partial charge >= 0.3 is 0 Å². The predicted molar refractivity (Wildman–Crippen MR) is 69.1 cm³/mol. The van der Waals surface area contributed by atoms with Crippen LogP contribution in [-0.2, 0) is 10.2 Å². The topological polar surface area (TPSA) is 20.3 Å². The summed E-state index contributed by atoms with van der Waals surface area (Å²) in [5.41, 5.74) is 2.53. The van der Waals surface area contributed by atoms with Gasteiger partial charge in [-0.1, -0.05) is 37.3 Å². The van der Waals surface area contributed by atoms with Gasteiger partial charge < -0.3 is 4.90 Å². The average molecular weight is 227 g/mol. The second kappa shape index (κ2) is 3.46. The van der Waals surface area contributed by atoms with Crippen molar-refractivity contribution in [1.29, 1.82) is 0 Å². The number of allylic oxidation sites excluding steroid dienone is 1. The van der Waals surface area contributed by atoms with E-state index in [-0.39, 0.29) is 11.3 Å². The van der Waals surface area contributed by atoms with E-state index in [1.807, 2.05) is 11.0 Å². The Bertz CT molecular complexity index is 505. The monoisotopic (exact) mass is 227 g/mol. The van der Waals surface area contributed by atoms with E-state index in [2.05, 4.69) is 37.3 Å². The van der Waals surface area contributed by atoms with Crippen molar-refractivity contribution >= 4 is 11.6 Å². The van der Waals surface area contributed by atoms with Crippen molar-refractivity contribution in [2.45, 2.75) is 38.1 Å². The number of hydrogen-bond acceptors (Lipinski definition) is 1. The lowest BCUT2D eigenvalue weighted by molar-refractivity contribution is -0.117. The maximum absolute atomic E-state index is 11.9. The third-order valence-electron chi connectivity index (χ3n) is 4.23. The Kier molecular flexibility index (Phi) is 2.15. The molecule has 1 aliphatic carbocycles. The van der Waals surface area contributed by atoms with Crippen molar-refractivity contribution in [3.8, 4) is 0 Å². The molecule has 1 amide bonds. The standard InChI is InChI=1S/C15H17NO/c1-11(17)16-13-8-4-3-7-12(13)15(2)10-6-5-9-14(15)16/h3-8,14H,9-10H2,1-2H3/t14-,15+/m1/s1. The summed E-state index contributed by atoms with van der Waals surface area (Å²) in [6.07, 6.45) is 6.44. The fraction of sp³-hybridized carbons (Fsp3) is 0.400. The van der Waals surface area contributed by atoms with Gasteiger partial charge in [0, 0.05) is 18.0 Å². The molecule has 3 rings (SSSR count). The Morgan fingerprint density at radius 1 is 1.35 bits per heavy atom. The van der Waals surface area contributed by atoms with Gasteiger partial charge in [0.05, 0.1) is 6.04 Å². The summed E-state index contributed by atoms with van der Waals surface area (Å²) in [5.74, 6) is 0.154. The third kappa shape index (κ3) is 1.30. The zero-order valence-corrected chi connectivity index (χ0v) is 10.3. The molecule has 0 bridgehead atoms. The van der Waals surface area contributed by atoms with E-state index in [1.54, 1.807) is 6.92 Å². The van der Waals surface area contributed by atoms with E-state index in [9.17, 15) is 4.79 Å². The molecule has 0 unspecified atom stereocenters. The van der Waals surface area contributed by atoms with Crippen LogP contribution in [0.15, 0.2) is 36.4 Å². The molecule has 17 heavy (non-hydrogen) atoms. The van der Waals surface area contributed by atoms with E-state index < -0.39 is 0 Å². The molecular weight excluding hydrogens is 210 g/mol. The van der Waals surface area contributed by atoms with Gasteiger partial charge in [-0.15, -0.1) is 0 Å². The van der Waals surface area contributed by atoms with Crippen molar-refractivity contribution in [2.75, 3.05) is 4.90 Å². The summed E-state index contributed by atoms with van der Waals surface area (Å²) < 4.78 is 0. The third-order valence-corrected chi connectivity index (χ3v) is 4.23. The minimum atomic E-state index is 0.0943. The lowest BCUT2D eigenvalue weighted by atomic mass is 9.72. The van der Waals surface area contributed by atoms with Gasteiger partial charge in [-0.05, 0) is 24.5 Å². The quantitative estimate of drug-likeness (QED) is 0.624. The second-order valence-corrected chi connectivity index (χ2v) is 5.25. The molecule has 2 atom stereocenters. The Morgan fingerprint density at radius 2 is 2.12 bits per heavy atom. The van der Waals surface area contributed by atoms with Gasteiger partial charge in [-0.3, -0.25) is 4.79 Å². The van der Waals surface area contributed by atoms with Gasteiger partial charge in [-0.25, -0.2) is 0 Å². The van der Waals surface area contributed by atoms with Crippen LogP contribution < -0.4 is 4.90 Å². The number of anilines is 1. The first kappa shape index (κ1) is 10.6. The van der Waals surface area contributed by atoms with Crippen LogP contribution in [0.5, 0.6) is 0 Å². The Morgan fingerprint density at radius 3 is 2.88 bits per heavy atom. The van der Waals surface area contributed by atoms with Crippen LogP contribution in [0.3, 0.4) is 0 Å². The molecule has 1 aliphatic heterocycles. The molecule has 1 aromatic rings. The molecule has 0 saturated carbocycles. The van der Waals surface area contributed by atoms with E-state index in [0.29, 0.717) is 6.04 Å². The zero-order valence-electron chi connectivity index (χ0n) is 10.3. The molecule has 1 heterocycles. The fourth-order valence-electron chi connectivity index (χ4n) is 3.35. The average Bonchev–Trinajstić information content (AvgIpc) is 2.59. The molecule has 1 aromatic carbocycles. The highest BCUT2D eigenvalue weighted by Crippen LogP contribution is 2.50. The Labute approximate surface area is 102 Å². The fourth-order valence-corrected chi connectivity index (χ4v) is 3.35. The summed E-state index contributed by atoms with van der Waals surface area (Å²) in [5, 5.41) is 0. The van der Waals surface area contributed by atoms with E-state index in [0.717, 1.165) is 18.5 Å². The highest BCUT2D eigenvalue weighted by Gasteiger charge is 2.48. The van der Waals surface area contributed by atoms with Crippen molar-refractivity contribution in [1.82, 2.24) is 0 Å². The molecular formula is C15H17NO. The lowest BCUT2D eigenvalue weighted by Gasteiger charge is -2.36. The highest BCUT2D eigenvalue weighted by atomic mass is 16.2. The number of nitrogens with zero attached hydrogens (tertiary/aromatic N) is 1. The summed E-state index contributed by atoms with van der Waals surface area (Å²) in [4.78, 5) is 13.9. The molecule has 0 N–H and O–H groups in total. The van der Waals surface area contributed by atoms with Gasteiger partial charge in [0.15, 0.2) is 0 Å². The van der Waals surface area contributed by atoms with Crippen LogP contribution in [0.25, 0.3) is 0 Å². The van der Waals surface area contributed by atoms with Crippen molar-refractivity contribution in [3.05, 3.63) is 42.0 Å². The minimum Gasteiger partial charge on any atom is -0.308 e. The largest absolute Gasteiger partial charge is 0.308 e. The van der Waals surface area contributed by atoms with Gasteiger partial charge in [0.2, 0.25) is 5.91 Å². The van der Waals surface area contributed by atoms with Crippen LogP contribution in [0.2, 0.25) is 0 Å². The van der Waals surface area contributed by atoms with Crippen molar-refractivity contribution < 1.29 is 4.79 Å². The number of rotatable bonds is 0. The molecule has 0 fully saturated rings. The van der Waals surface area contributed by atoms with Crippen LogP contribution in [0, 0.1) is 0 Å². The number of carbonyl (C=O) groups is 1. The van der Waals surface area contributed by atoms with E-state index in [4.69, 9.17) is 0 Å². The van der Waals surface area contributed by atoms with Gasteiger partial charge in [0.25, 0.3) is 0 Å². The van der Waals surface area contributed by atoms with E-state index >= 15 is 0 Å². The molecule has 88 valence electrons. The maximum Gasteiger partial charge on any atom is 0.224 e. The molecule has 2 heteroatoms. The smallest absolute Gasteiger partial charge is 0.224 e. The zero-order chi connectivity index (χ0) is 12.0. The number of hydrogen-bond donors (Lipinski definition) is 0. The number of fused-ring (bicyclic) bond motifs is 3. The first-order valence-electron chi connectivity index (χ1n) is 6.19. The molecule has 0 aromatic heterocycles. The number of carbonyl (C=O) groups excluding carboxylic acids is 1. The van der Waals surface area contributed by atoms with Gasteiger partial charge in [-0.2, -0.15) is 0 Å². The van der Waals surface area contributed by atoms with Gasteiger partial charge in [0.1, 0.15) is 0 Å². The summed E-state index contributed by atoms with van der Waals surface area (Å²) >= 11 is 0. The maximum atomic E-state index is 11.9. The molecule has 0 radical (unpaired) electrons. The SMILES string of the molecule is CC(=O)N1c2ccccc2[C@]2(C)CC=CC[C@@H]12.